The molecule has 4 saturated carbocycles. The molecular weight excluding hydrogens is 849 g/mol. The smallest absolute Gasteiger partial charge is 0.164 e. The maximum absolute atomic E-state index is 9.37. The third-order valence-electron chi connectivity index (χ3n) is 15.9. The van der Waals surface area contributed by atoms with Gasteiger partial charge in [-0.2, -0.15) is 5.26 Å². The summed E-state index contributed by atoms with van der Waals surface area (Å²) in [4.78, 5) is 15.4. The number of hydrogen-bond acceptors (Lipinski definition) is 4. The van der Waals surface area contributed by atoms with Crippen molar-refractivity contribution in [1.29, 1.82) is 5.26 Å². The number of aromatic nitrogens is 3. The minimum atomic E-state index is 0.209. The van der Waals surface area contributed by atoms with Crippen molar-refractivity contribution in [3.05, 3.63) is 235 Å². The molecule has 4 aliphatic carbocycles. The molecule has 9 aromatic carbocycles. The fourth-order valence-electron chi connectivity index (χ4n) is 13.0. The van der Waals surface area contributed by atoms with Gasteiger partial charge in [-0.05, 0) is 158 Å². The molecule has 334 valence electrons. The molecule has 0 N–H and O–H groups in total. The van der Waals surface area contributed by atoms with Crippen molar-refractivity contribution in [2.75, 3.05) is 0 Å². The maximum atomic E-state index is 9.37. The van der Waals surface area contributed by atoms with E-state index in [2.05, 4.69) is 200 Å². The topological polar surface area (TPSA) is 62.5 Å². The minimum absolute atomic E-state index is 0.209. The van der Waals surface area contributed by atoms with Crippen molar-refractivity contribution in [2.24, 2.45) is 11.8 Å². The molecule has 4 nitrogen and oxygen atoms in total. The van der Waals surface area contributed by atoms with E-state index in [1.54, 1.807) is 0 Å². The van der Waals surface area contributed by atoms with Crippen LogP contribution in [0.3, 0.4) is 0 Å². The van der Waals surface area contributed by atoms with E-state index in [1.165, 1.54) is 71.9 Å². The zero-order valence-electron chi connectivity index (χ0n) is 39.0. The van der Waals surface area contributed by atoms with Crippen LogP contribution in [-0.2, 0) is 10.8 Å². The maximum Gasteiger partial charge on any atom is 0.164 e. The second kappa shape index (κ2) is 17.1. The lowest BCUT2D eigenvalue weighted by atomic mass is 9.41. The van der Waals surface area contributed by atoms with Gasteiger partial charge in [-0.3, -0.25) is 0 Å². The highest BCUT2D eigenvalue weighted by atomic mass is 15.0. The third-order valence-corrected chi connectivity index (χ3v) is 15.9. The number of hydrogen-bond donors (Lipinski definition) is 0. The highest BCUT2D eigenvalue weighted by Crippen LogP contribution is 2.66. The van der Waals surface area contributed by atoms with E-state index in [0.717, 1.165) is 61.6 Å². The molecule has 0 aliphatic heterocycles. The lowest BCUT2D eigenvalue weighted by Crippen LogP contribution is -2.55. The number of nitriles is 1. The molecule has 1 aromatic heterocycles. The summed E-state index contributed by atoms with van der Waals surface area (Å²) in [5.41, 5.74) is 16.4. The van der Waals surface area contributed by atoms with E-state index in [0.29, 0.717) is 23.0 Å². The molecule has 2 unspecified atom stereocenters. The zero-order chi connectivity index (χ0) is 46.7. The van der Waals surface area contributed by atoms with E-state index in [1.807, 2.05) is 24.3 Å². The molecule has 4 fully saturated rings. The Morgan fingerprint density at radius 3 is 1.23 bits per heavy atom. The molecule has 4 bridgehead atoms. The van der Waals surface area contributed by atoms with Crippen molar-refractivity contribution < 1.29 is 0 Å². The van der Waals surface area contributed by atoms with Gasteiger partial charge in [0.05, 0.1) is 11.6 Å². The summed E-state index contributed by atoms with van der Waals surface area (Å²) in [5, 5.41) is 11.6. The predicted molar refractivity (Wildman–Crippen MR) is 285 cm³/mol. The van der Waals surface area contributed by atoms with E-state index in [4.69, 9.17) is 15.0 Å². The summed E-state index contributed by atoms with van der Waals surface area (Å²) in [6, 6.07) is 80.6. The molecule has 10 aromatic rings. The average molecular weight is 899 g/mol. The minimum Gasteiger partial charge on any atom is -0.208 e. The summed E-state index contributed by atoms with van der Waals surface area (Å²) >= 11 is 0. The van der Waals surface area contributed by atoms with Crippen molar-refractivity contribution in [3.63, 3.8) is 0 Å². The van der Waals surface area contributed by atoms with Gasteiger partial charge < -0.3 is 0 Å². The first kappa shape index (κ1) is 41.9. The molecule has 0 amide bonds. The van der Waals surface area contributed by atoms with Crippen LogP contribution in [0.2, 0.25) is 0 Å². The van der Waals surface area contributed by atoms with Gasteiger partial charge in [-0.15, -0.1) is 0 Å². The van der Waals surface area contributed by atoms with Crippen LogP contribution < -0.4 is 0 Å². The van der Waals surface area contributed by atoms with E-state index in [9.17, 15) is 5.26 Å². The number of nitrogens with zero attached hydrogens (tertiary/aromatic N) is 4. The van der Waals surface area contributed by atoms with Crippen LogP contribution in [0.5, 0.6) is 0 Å². The van der Waals surface area contributed by atoms with Crippen LogP contribution in [0, 0.1) is 23.2 Å². The molecule has 1 heterocycles. The molecule has 0 saturated heterocycles. The van der Waals surface area contributed by atoms with Crippen LogP contribution in [0.1, 0.15) is 55.2 Å². The molecule has 4 aliphatic rings. The molecule has 14 rings (SSSR count). The SMILES string of the molecule is N#Cc1ccc2cc(-c3ccc(C45CC6CC(CC(c7ccc(-c8ccc(-c9nc(-c%10cccc(-c%11ccccc%11)c%10)nc(-c%10cccc(-c%11ccccc%11)c%10)n9)cc8)cc7)(C6)C4)C5)cc3)ccc2c1. The summed E-state index contributed by atoms with van der Waals surface area (Å²) in [5.74, 6) is 3.47. The summed E-state index contributed by atoms with van der Waals surface area (Å²) in [6.45, 7) is 0. The fraction of sp³-hybridized carbons (Fsp3) is 0.152. The Labute approximate surface area is 410 Å². The Kier molecular flexibility index (Phi) is 10.2. The Bertz CT molecular complexity index is 3500. The third kappa shape index (κ3) is 7.69. The Morgan fingerprint density at radius 1 is 0.343 bits per heavy atom. The van der Waals surface area contributed by atoms with E-state index in [-0.39, 0.29) is 10.8 Å². The highest BCUT2D eigenvalue weighted by Gasteiger charge is 2.58. The Balaban J connectivity index is 0.782. The quantitative estimate of drug-likeness (QED) is 0.145. The standard InChI is InChI=1S/C66H50N4/c67-42-44-17-18-57-35-56(24-23-55(57)34-44)51-27-31-61(32-28-51)66-40-45-33-46(41-66)39-65(38-45,43-66)60-29-25-50(26-30-60)49-19-21-52(22-20-49)62-68-63(58-15-7-13-53(36-58)47-9-3-1-4-10-47)70-64(69-62)59-16-8-14-54(37-59)48-11-5-2-6-12-48/h1-32,34-37,45-46H,33,38-41,43H2. The molecule has 4 heteroatoms. The first-order chi connectivity index (χ1) is 34.4. The van der Waals surface area contributed by atoms with Gasteiger partial charge in [0.25, 0.3) is 0 Å². The normalized spacial score (nSPS) is 20.0. The van der Waals surface area contributed by atoms with E-state index < -0.39 is 0 Å². The lowest BCUT2D eigenvalue weighted by Gasteiger charge is -2.63. The lowest BCUT2D eigenvalue weighted by molar-refractivity contribution is -0.0281. The van der Waals surface area contributed by atoms with Crippen molar-refractivity contribution >= 4 is 10.8 Å². The van der Waals surface area contributed by atoms with Gasteiger partial charge in [0.2, 0.25) is 0 Å². The van der Waals surface area contributed by atoms with Gasteiger partial charge >= 0.3 is 0 Å². The second-order valence-corrected chi connectivity index (χ2v) is 20.3. The Hall–Kier alpha value is -8.26. The largest absolute Gasteiger partial charge is 0.208 e. The van der Waals surface area contributed by atoms with Gasteiger partial charge in [0.15, 0.2) is 17.5 Å². The van der Waals surface area contributed by atoms with Crippen molar-refractivity contribution in [2.45, 2.75) is 49.4 Å². The Morgan fingerprint density at radius 2 is 0.714 bits per heavy atom. The second-order valence-electron chi connectivity index (χ2n) is 20.3. The van der Waals surface area contributed by atoms with Gasteiger partial charge in [-0.25, -0.2) is 15.0 Å². The molecule has 70 heavy (non-hydrogen) atoms. The highest BCUT2D eigenvalue weighted by molar-refractivity contribution is 5.88. The first-order valence-electron chi connectivity index (χ1n) is 24.8. The van der Waals surface area contributed by atoms with Crippen LogP contribution in [0.4, 0.5) is 0 Å². The zero-order valence-corrected chi connectivity index (χ0v) is 39.0. The monoisotopic (exact) mass is 898 g/mol. The van der Waals surface area contributed by atoms with Gasteiger partial charge in [-0.1, -0.05) is 188 Å². The van der Waals surface area contributed by atoms with Crippen molar-refractivity contribution in [3.8, 4) is 84.7 Å². The number of benzene rings is 9. The fourth-order valence-corrected chi connectivity index (χ4v) is 13.0. The molecule has 0 spiro atoms. The molecule has 0 radical (unpaired) electrons. The average Bonchev–Trinajstić information content (AvgIpc) is 3.43. The summed E-state index contributed by atoms with van der Waals surface area (Å²) < 4.78 is 0. The summed E-state index contributed by atoms with van der Waals surface area (Å²) in [6.07, 6.45) is 7.80. The predicted octanol–water partition coefficient (Wildman–Crippen LogP) is 16.4. The number of fused-ring (bicyclic) bond motifs is 1. The van der Waals surface area contributed by atoms with Gasteiger partial charge in [0.1, 0.15) is 0 Å². The van der Waals surface area contributed by atoms with Crippen LogP contribution in [0.15, 0.2) is 218 Å². The van der Waals surface area contributed by atoms with Gasteiger partial charge in [0, 0.05) is 16.7 Å². The first-order valence-corrected chi connectivity index (χ1v) is 24.8. The van der Waals surface area contributed by atoms with Crippen LogP contribution in [0.25, 0.3) is 89.4 Å². The number of rotatable bonds is 9. The van der Waals surface area contributed by atoms with Crippen LogP contribution in [-0.4, -0.2) is 15.0 Å². The molecular formula is C66H50N4. The molecule has 2 atom stereocenters. The van der Waals surface area contributed by atoms with E-state index >= 15 is 0 Å². The summed E-state index contributed by atoms with van der Waals surface area (Å²) in [7, 11) is 0. The van der Waals surface area contributed by atoms with Crippen molar-refractivity contribution in [1.82, 2.24) is 15.0 Å². The van der Waals surface area contributed by atoms with Crippen LogP contribution >= 0.6 is 0 Å².